The van der Waals surface area contributed by atoms with Crippen LogP contribution in [0.5, 0.6) is 0 Å². The number of cyclic esters (lactones) is 1. The van der Waals surface area contributed by atoms with Crippen LogP contribution in [0.25, 0.3) is 0 Å². The molecule has 4 rings (SSSR count). The van der Waals surface area contributed by atoms with E-state index in [-0.39, 0.29) is 18.4 Å². The van der Waals surface area contributed by atoms with Crippen molar-refractivity contribution in [1.82, 2.24) is 5.32 Å². The topological polar surface area (TPSA) is 84.5 Å². The molecule has 0 aliphatic carbocycles. The Hall–Kier alpha value is -3.93. The van der Waals surface area contributed by atoms with Crippen molar-refractivity contribution in [3.8, 4) is 0 Å². The number of benzene rings is 3. The van der Waals surface area contributed by atoms with E-state index < -0.39 is 18.0 Å². The highest BCUT2D eigenvalue weighted by Gasteiger charge is 2.31. The van der Waals surface area contributed by atoms with Gasteiger partial charge in [0.1, 0.15) is 0 Å². The first-order chi connectivity index (χ1) is 15.0. The van der Waals surface area contributed by atoms with Crippen LogP contribution in [0.3, 0.4) is 0 Å². The van der Waals surface area contributed by atoms with Crippen molar-refractivity contribution in [1.29, 1.82) is 0 Å². The van der Waals surface area contributed by atoms with Crippen LogP contribution in [0.15, 0.2) is 78.9 Å². The predicted octanol–water partition coefficient (Wildman–Crippen LogP) is 3.90. The SMILES string of the molecule is C[C@@H](NC(=O)c1ccccc1NC(=O)[C@H]1Cc2ccccc2C(=O)O1)c1ccccc1. The van der Waals surface area contributed by atoms with Gasteiger partial charge in [0, 0.05) is 6.42 Å². The van der Waals surface area contributed by atoms with Crippen molar-refractivity contribution in [3.05, 3.63) is 101 Å². The molecule has 2 N–H and O–H groups in total. The van der Waals surface area contributed by atoms with Crippen LogP contribution in [0.1, 0.15) is 44.8 Å². The Morgan fingerprint density at radius 3 is 2.42 bits per heavy atom. The third-order valence-corrected chi connectivity index (χ3v) is 5.26. The number of hydrogen-bond acceptors (Lipinski definition) is 4. The second-order valence-electron chi connectivity index (χ2n) is 7.40. The summed E-state index contributed by atoms with van der Waals surface area (Å²) in [5, 5.41) is 5.70. The molecule has 1 aliphatic heterocycles. The predicted molar refractivity (Wildman–Crippen MR) is 117 cm³/mol. The van der Waals surface area contributed by atoms with E-state index >= 15 is 0 Å². The van der Waals surface area contributed by atoms with Gasteiger partial charge < -0.3 is 15.4 Å². The van der Waals surface area contributed by atoms with E-state index in [0.717, 1.165) is 11.1 Å². The first-order valence-electron chi connectivity index (χ1n) is 10.1. The molecule has 0 bridgehead atoms. The number of esters is 1. The van der Waals surface area contributed by atoms with Gasteiger partial charge in [0.05, 0.1) is 22.9 Å². The molecule has 0 spiro atoms. The van der Waals surface area contributed by atoms with Gasteiger partial charge in [-0.3, -0.25) is 9.59 Å². The van der Waals surface area contributed by atoms with Gasteiger partial charge >= 0.3 is 5.97 Å². The molecular weight excluding hydrogens is 392 g/mol. The van der Waals surface area contributed by atoms with E-state index in [1.54, 1.807) is 36.4 Å². The van der Waals surface area contributed by atoms with Gasteiger partial charge in [-0.25, -0.2) is 4.79 Å². The molecule has 6 heteroatoms. The van der Waals surface area contributed by atoms with E-state index in [1.807, 2.05) is 49.4 Å². The zero-order valence-electron chi connectivity index (χ0n) is 17.0. The summed E-state index contributed by atoms with van der Waals surface area (Å²) in [6.45, 7) is 1.90. The Balaban J connectivity index is 1.48. The number of carbonyl (C=O) groups is 3. The fourth-order valence-corrected chi connectivity index (χ4v) is 3.58. The van der Waals surface area contributed by atoms with Crippen molar-refractivity contribution in [2.45, 2.75) is 25.5 Å². The third kappa shape index (κ3) is 4.48. The van der Waals surface area contributed by atoms with Gasteiger partial charge in [-0.2, -0.15) is 0 Å². The molecule has 1 aliphatic rings. The Morgan fingerprint density at radius 2 is 1.61 bits per heavy atom. The third-order valence-electron chi connectivity index (χ3n) is 5.26. The lowest BCUT2D eigenvalue weighted by atomic mass is 9.98. The van der Waals surface area contributed by atoms with Crippen LogP contribution in [-0.4, -0.2) is 23.9 Å². The van der Waals surface area contributed by atoms with Crippen molar-refractivity contribution in [3.63, 3.8) is 0 Å². The summed E-state index contributed by atoms with van der Waals surface area (Å²) in [6.07, 6.45) is -0.672. The van der Waals surface area contributed by atoms with E-state index in [1.165, 1.54) is 0 Å². The van der Waals surface area contributed by atoms with Crippen molar-refractivity contribution in [2.75, 3.05) is 5.32 Å². The lowest BCUT2D eigenvalue weighted by molar-refractivity contribution is -0.125. The number of para-hydroxylation sites is 1. The van der Waals surface area contributed by atoms with Crippen molar-refractivity contribution in [2.24, 2.45) is 0 Å². The molecule has 31 heavy (non-hydrogen) atoms. The summed E-state index contributed by atoms with van der Waals surface area (Å²) in [5.41, 5.74) is 2.91. The Kier molecular flexibility index (Phi) is 5.80. The van der Waals surface area contributed by atoms with Gasteiger partial charge in [0.15, 0.2) is 6.10 Å². The average Bonchev–Trinajstić information content (AvgIpc) is 2.80. The van der Waals surface area contributed by atoms with Crippen molar-refractivity contribution >= 4 is 23.5 Å². The van der Waals surface area contributed by atoms with Crippen LogP contribution in [0.2, 0.25) is 0 Å². The lowest BCUT2D eigenvalue weighted by Crippen LogP contribution is -2.38. The highest BCUT2D eigenvalue weighted by atomic mass is 16.5. The number of rotatable bonds is 5. The second kappa shape index (κ2) is 8.83. The number of carbonyl (C=O) groups excluding carboxylic acids is 3. The molecule has 0 fully saturated rings. The number of fused-ring (bicyclic) bond motifs is 1. The number of anilines is 1. The molecule has 2 amide bonds. The van der Waals surface area contributed by atoms with Crippen LogP contribution in [0.4, 0.5) is 5.69 Å². The maximum Gasteiger partial charge on any atom is 0.339 e. The van der Waals surface area contributed by atoms with E-state index in [4.69, 9.17) is 4.74 Å². The number of nitrogens with one attached hydrogen (secondary N) is 2. The monoisotopic (exact) mass is 414 g/mol. The van der Waals surface area contributed by atoms with E-state index in [0.29, 0.717) is 16.8 Å². The fourth-order valence-electron chi connectivity index (χ4n) is 3.58. The minimum atomic E-state index is -0.957. The summed E-state index contributed by atoms with van der Waals surface area (Å²) in [7, 11) is 0. The van der Waals surface area contributed by atoms with Crippen LogP contribution in [0, 0.1) is 0 Å². The normalized spacial score (nSPS) is 15.9. The summed E-state index contributed by atoms with van der Waals surface area (Å²) < 4.78 is 5.32. The molecule has 0 radical (unpaired) electrons. The minimum absolute atomic E-state index is 0.201. The van der Waals surface area contributed by atoms with Gasteiger partial charge in [0.25, 0.3) is 11.8 Å². The van der Waals surface area contributed by atoms with Gasteiger partial charge in [-0.15, -0.1) is 0 Å². The maximum absolute atomic E-state index is 12.9. The molecule has 2 atom stereocenters. The zero-order valence-corrected chi connectivity index (χ0v) is 17.0. The molecule has 0 saturated carbocycles. The molecule has 156 valence electrons. The lowest BCUT2D eigenvalue weighted by Gasteiger charge is -2.24. The van der Waals surface area contributed by atoms with Crippen LogP contribution < -0.4 is 10.6 Å². The standard InChI is InChI=1S/C25H22N2O4/c1-16(17-9-3-2-4-10-17)26-23(28)20-13-7-8-14-21(20)27-24(29)22-15-18-11-5-6-12-19(18)25(30)31-22/h2-14,16,22H,15H2,1H3,(H,26,28)(H,27,29)/t16-,22-/m1/s1. The minimum Gasteiger partial charge on any atom is -0.448 e. The highest BCUT2D eigenvalue weighted by molar-refractivity contribution is 6.06. The number of amides is 2. The van der Waals surface area contributed by atoms with Crippen molar-refractivity contribution < 1.29 is 19.1 Å². The maximum atomic E-state index is 12.9. The zero-order chi connectivity index (χ0) is 21.8. The van der Waals surface area contributed by atoms with Crippen LogP contribution >= 0.6 is 0 Å². The molecule has 0 unspecified atom stereocenters. The van der Waals surface area contributed by atoms with Gasteiger partial charge in [0.2, 0.25) is 0 Å². The molecule has 3 aromatic carbocycles. The summed E-state index contributed by atoms with van der Waals surface area (Å²) >= 11 is 0. The fraction of sp³-hybridized carbons (Fsp3) is 0.160. The first kappa shape index (κ1) is 20.3. The second-order valence-corrected chi connectivity index (χ2v) is 7.40. The molecule has 1 heterocycles. The Bertz CT molecular complexity index is 1130. The van der Waals surface area contributed by atoms with Gasteiger partial charge in [-0.1, -0.05) is 60.7 Å². The Labute approximate surface area is 180 Å². The van der Waals surface area contributed by atoms with Gasteiger partial charge in [-0.05, 0) is 36.2 Å². The molecule has 6 nitrogen and oxygen atoms in total. The summed E-state index contributed by atoms with van der Waals surface area (Å²) in [4.78, 5) is 37.9. The molecule has 3 aromatic rings. The highest BCUT2D eigenvalue weighted by Crippen LogP contribution is 2.23. The smallest absolute Gasteiger partial charge is 0.339 e. The molecular formula is C25H22N2O4. The molecule has 0 aromatic heterocycles. The van der Waals surface area contributed by atoms with Crippen LogP contribution in [-0.2, 0) is 16.0 Å². The largest absolute Gasteiger partial charge is 0.448 e. The van der Waals surface area contributed by atoms with E-state index in [2.05, 4.69) is 10.6 Å². The Morgan fingerprint density at radius 1 is 0.935 bits per heavy atom. The van der Waals surface area contributed by atoms with E-state index in [9.17, 15) is 14.4 Å². The first-order valence-corrected chi connectivity index (χ1v) is 10.1. The molecule has 0 saturated heterocycles. The number of hydrogen-bond donors (Lipinski definition) is 2. The summed E-state index contributed by atoms with van der Waals surface area (Å²) in [5.74, 6) is -1.30. The average molecular weight is 414 g/mol. The quantitative estimate of drug-likeness (QED) is 0.620. The summed E-state index contributed by atoms with van der Waals surface area (Å²) in [6, 6.07) is 23.2. The number of ether oxygens (including phenoxy) is 1.